The van der Waals surface area contributed by atoms with Gasteiger partial charge >= 0.3 is 0 Å². The van der Waals surface area contributed by atoms with Crippen molar-refractivity contribution in [1.29, 1.82) is 0 Å². The lowest BCUT2D eigenvalue weighted by molar-refractivity contribution is -0.139. The van der Waals surface area contributed by atoms with Crippen molar-refractivity contribution in [2.75, 3.05) is 38.0 Å². The topological polar surface area (TPSA) is 52.7 Å². The van der Waals surface area contributed by atoms with E-state index < -0.39 is 0 Å². The van der Waals surface area contributed by atoms with Crippen LogP contribution in [-0.2, 0) is 9.59 Å². The molecule has 2 amide bonds. The van der Waals surface area contributed by atoms with E-state index in [1.165, 1.54) is 24.8 Å². The minimum Gasteiger partial charge on any atom is -0.340 e. The van der Waals surface area contributed by atoms with Crippen molar-refractivity contribution in [3.05, 3.63) is 29.8 Å². The maximum atomic E-state index is 12.8. The van der Waals surface area contributed by atoms with E-state index in [2.05, 4.69) is 10.2 Å². The van der Waals surface area contributed by atoms with E-state index >= 15 is 0 Å². The van der Waals surface area contributed by atoms with E-state index in [9.17, 15) is 9.59 Å². The maximum absolute atomic E-state index is 12.8. The molecule has 3 atom stereocenters. The number of rotatable bonds is 4. The number of piperazine rings is 1. The van der Waals surface area contributed by atoms with Gasteiger partial charge in [0.1, 0.15) is 0 Å². The molecule has 2 bridgehead atoms. The van der Waals surface area contributed by atoms with Gasteiger partial charge in [-0.05, 0) is 50.2 Å². The van der Waals surface area contributed by atoms with E-state index in [0.717, 1.165) is 44.2 Å². The van der Waals surface area contributed by atoms with E-state index in [1.807, 2.05) is 36.1 Å². The molecule has 0 aromatic heterocycles. The van der Waals surface area contributed by atoms with E-state index in [1.54, 1.807) is 0 Å². The first-order chi connectivity index (χ1) is 12.6. The number of benzene rings is 1. The number of aryl methyl sites for hydroxylation is 1. The van der Waals surface area contributed by atoms with Gasteiger partial charge in [-0.1, -0.05) is 24.1 Å². The van der Waals surface area contributed by atoms with Gasteiger partial charge in [0.2, 0.25) is 11.8 Å². The maximum Gasteiger partial charge on any atom is 0.238 e. The molecule has 5 nitrogen and oxygen atoms in total. The summed E-state index contributed by atoms with van der Waals surface area (Å²) in [7, 11) is 0. The van der Waals surface area contributed by atoms with Gasteiger partial charge in [-0.2, -0.15) is 0 Å². The second-order valence-electron chi connectivity index (χ2n) is 8.30. The fourth-order valence-corrected chi connectivity index (χ4v) is 4.95. The van der Waals surface area contributed by atoms with Crippen LogP contribution < -0.4 is 5.32 Å². The predicted molar refractivity (Wildman–Crippen MR) is 102 cm³/mol. The summed E-state index contributed by atoms with van der Waals surface area (Å²) in [5.74, 6) is 2.12. The first-order valence-corrected chi connectivity index (χ1v) is 9.96. The standard InChI is InChI=1S/C21H29N3O2/c1-15-2-6-18(7-3-15)22-20(25)14-23-8-10-24(11-9-23)21(26)19-13-16-4-5-17(19)12-16/h2-3,6-7,16-17,19H,4-5,8-14H2,1H3,(H,22,25)/t16-,17-,19-/m0/s1. The van der Waals surface area contributed by atoms with Crippen molar-refractivity contribution in [3.63, 3.8) is 0 Å². The number of hydrogen-bond donors (Lipinski definition) is 1. The van der Waals surface area contributed by atoms with Crippen molar-refractivity contribution in [1.82, 2.24) is 9.80 Å². The third-order valence-electron chi connectivity index (χ3n) is 6.44. The van der Waals surface area contributed by atoms with Gasteiger partial charge in [0.25, 0.3) is 0 Å². The first-order valence-electron chi connectivity index (χ1n) is 9.96. The Bertz CT molecular complexity index is 664. The van der Waals surface area contributed by atoms with Crippen molar-refractivity contribution in [3.8, 4) is 0 Å². The average molecular weight is 355 g/mol. The van der Waals surface area contributed by atoms with Crippen LogP contribution in [0.15, 0.2) is 24.3 Å². The van der Waals surface area contributed by atoms with E-state index in [4.69, 9.17) is 0 Å². The Morgan fingerprint density at radius 1 is 1.04 bits per heavy atom. The van der Waals surface area contributed by atoms with Gasteiger partial charge in [-0.15, -0.1) is 0 Å². The number of carbonyl (C=O) groups is 2. The molecule has 5 heteroatoms. The number of fused-ring (bicyclic) bond motifs is 2. The number of anilines is 1. The summed E-state index contributed by atoms with van der Waals surface area (Å²) in [6.07, 6.45) is 4.97. The highest BCUT2D eigenvalue weighted by Gasteiger charge is 2.44. The number of carbonyl (C=O) groups excluding carboxylic acids is 2. The molecule has 2 saturated carbocycles. The zero-order valence-corrected chi connectivity index (χ0v) is 15.6. The molecule has 1 N–H and O–H groups in total. The predicted octanol–water partition coefficient (Wildman–Crippen LogP) is 2.51. The molecule has 1 aromatic rings. The molecule has 0 spiro atoms. The van der Waals surface area contributed by atoms with Crippen LogP contribution in [-0.4, -0.2) is 54.3 Å². The van der Waals surface area contributed by atoms with E-state index in [-0.39, 0.29) is 11.8 Å². The van der Waals surface area contributed by atoms with Crippen molar-refractivity contribution in [2.45, 2.75) is 32.6 Å². The summed E-state index contributed by atoms with van der Waals surface area (Å²) < 4.78 is 0. The SMILES string of the molecule is Cc1ccc(NC(=O)CN2CCN(C(=O)[C@H]3C[C@H]4CC[C@H]3C4)CC2)cc1. The lowest BCUT2D eigenvalue weighted by atomic mass is 9.87. The summed E-state index contributed by atoms with van der Waals surface area (Å²) in [5.41, 5.74) is 2.02. The van der Waals surface area contributed by atoms with Gasteiger partial charge in [0.15, 0.2) is 0 Å². The number of hydrogen-bond acceptors (Lipinski definition) is 3. The van der Waals surface area contributed by atoms with E-state index in [0.29, 0.717) is 18.4 Å². The van der Waals surface area contributed by atoms with Gasteiger partial charge in [-0.3, -0.25) is 14.5 Å². The largest absolute Gasteiger partial charge is 0.340 e. The molecule has 1 heterocycles. The smallest absolute Gasteiger partial charge is 0.238 e. The second kappa shape index (κ2) is 7.39. The second-order valence-corrected chi connectivity index (χ2v) is 8.30. The minimum atomic E-state index is 0.0155. The molecule has 1 aliphatic heterocycles. The Balaban J connectivity index is 1.22. The molecular weight excluding hydrogens is 326 g/mol. The molecule has 1 aromatic carbocycles. The highest BCUT2D eigenvalue weighted by molar-refractivity contribution is 5.92. The summed E-state index contributed by atoms with van der Waals surface area (Å²) in [4.78, 5) is 29.2. The highest BCUT2D eigenvalue weighted by atomic mass is 16.2. The van der Waals surface area contributed by atoms with Crippen molar-refractivity contribution >= 4 is 17.5 Å². The van der Waals surface area contributed by atoms with Crippen LogP contribution in [0.25, 0.3) is 0 Å². The minimum absolute atomic E-state index is 0.0155. The van der Waals surface area contributed by atoms with Crippen molar-refractivity contribution < 1.29 is 9.59 Å². The monoisotopic (exact) mass is 355 g/mol. The molecule has 3 aliphatic rings. The zero-order chi connectivity index (χ0) is 18.1. The molecule has 0 unspecified atom stereocenters. The molecule has 3 fully saturated rings. The molecule has 26 heavy (non-hydrogen) atoms. The van der Waals surface area contributed by atoms with Crippen LogP contribution in [0.2, 0.25) is 0 Å². The molecule has 4 rings (SSSR count). The van der Waals surface area contributed by atoms with Gasteiger partial charge in [0, 0.05) is 37.8 Å². The molecule has 1 saturated heterocycles. The number of amides is 2. The first kappa shape index (κ1) is 17.5. The average Bonchev–Trinajstić information content (AvgIpc) is 3.27. The van der Waals surface area contributed by atoms with Crippen LogP contribution >= 0.6 is 0 Å². The highest BCUT2D eigenvalue weighted by Crippen LogP contribution is 2.48. The lowest BCUT2D eigenvalue weighted by Crippen LogP contribution is -2.52. The third kappa shape index (κ3) is 3.78. The van der Waals surface area contributed by atoms with Gasteiger partial charge in [0.05, 0.1) is 6.54 Å². The van der Waals surface area contributed by atoms with Crippen molar-refractivity contribution in [2.24, 2.45) is 17.8 Å². The Morgan fingerprint density at radius 3 is 2.38 bits per heavy atom. The van der Waals surface area contributed by atoms with Crippen LogP contribution in [0.5, 0.6) is 0 Å². The summed E-state index contributed by atoms with van der Waals surface area (Å²) in [5, 5.41) is 2.95. The molecule has 140 valence electrons. The number of nitrogens with zero attached hydrogens (tertiary/aromatic N) is 2. The summed E-state index contributed by atoms with van der Waals surface area (Å²) in [6, 6.07) is 7.85. The molecular formula is C21H29N3O2. The van der Waals surface area contributed by atoms with Crippen LogP contribution in [0, 0.1) is 24.7 Å². The van der Waals surface area contributed by atoms with Crippen LogP contribution in [0.3, 0.4) is 0 Å². The lowest BCUT2D eigenvalue weighted by Gasteiger charge is -2.37. The van der Waals surface area contributed by atoms with Crippen LogP contribution in [0.4, 0.5) is 5.69 Å². The molecule has 0 radical (unpaired) electrons. The third-order valence-corrected chi connectivity index (χ3v) is 6.44. The number of nitrogens with one attached hydrogen (secondary N) is 1. The Morgan fingerprint density at radius 2 is 1.77 bits per heavy atom. The fraction of sp³-hybridized carbons (Fsp3) is 0.619. The zero-order valence-electron chi connectivity index (χ0n) is 15.6. The van der Waals surface area contributed by atoms with Gasteiger partial charge in [-0.25, -0.2) is 0 Å². The summed E-state index contributed by atoms with van der Waals surface area (Å²) >= 11 is 0. The fourth-order valence-electron chi connectivity index (χ4n) is 4.95. The molecule has 2 aliphatic carbocycles. The Kier molecular flexibility index (Phi) is 4.98. The normalized spacial score (nSPS) is 28.3. The Labute approximate surface area is 155 Å². The van der Waals surface area contributed by atoms with Gasteiger partial charge < -0.3 is 10.2 Å². The quantitative estimate of drug-likeness (QED) is 0.903. The van der Waals surface area contributed by atoms with Crippen LogP contribution in [0.1, 0.15) is 31.2 Å². The summed E-state index contributed by atoms with van der Waals surface area (Å²) in [6.45, 7) is 5.50. The Hall–Kier alpha value is -1.88.